The minimum absolute atomic E-state index is 0.0232. The van der Waals surface area contributed by atoms with Gasteiger partial charge in [0.1, 0.15) is 18.8 Å². The van der Waals surface area contributed by atoms with Gasteiger partial charge < -0.3 is 15.1 Å². The van der Waals surface area contributed by atoms with Gasteiger partial charge in [0.25, 0.3) is 11.6 Å². The van der Waals surface area contributed by atoms with Gasteiger partial charge in [-0.3, -0.25) is 14.9 Å². The molecular formula is C17H20F6N4O3. The minimum Gasteiger partial charge on any atom is -0.378 e. The van der Waals surface area contributed by atoms with Crippen molar-refractivity contribution in [2.75, 3.05) is 38.5 Å². The third-order valence-electron chi connectivity index (χ3n) is 4.67. The van der Waals surface area contributed by atoms with Crippen molar-refractivity contribution in [3.63, 3.8) is 0 Å². The van der Waals surface area contributed by atoms with E-state index in [4.69, 9.17) is 0 Å². The van der Waals surface area contributed by atoms with E-state index in [9.17, 15) is 41.3 Å². The Bertz CT molecular complexity index is 768. The highest BCUT2D eigenvalue weighted by Crippen LogP contribution is 2.29. The molecule has 0 bridgehead atoms. The first kappa shape index (κ1) is 23.7. The molecule has 13 heteroatoms. The van der Waals surface area contributed by atoms with E-state index in [1.165, 1.54) is 0 Å². The Morgan fingerprint density at radius 2 is 1.83 bits per heavy atom. The molecule has 1 N–H and O–H groups in total. The third kappa shape index (κ3) is 6.75. The van der Waals surface area contributed by atoms with Gasteiger partial charge in [0.2, 0.25) is 0 Å². The quantitative estimate of drug-likeness (QED) is 0.396. The first-order valence-electron chi connectivity index (χ1n) is 8.92. The molecule has 1 aliphatic heterocycles. The van der Waals surface area contributed by atoms with E-state index in [1.54, 1.807) is 0 Å². The maximum Gasteiger partial charge on any atom is 0.406 e. The Hall–Kier alpha value is -2.57. The van der Waals surface area contributed by atoms with E-state index in [0.717, 1.165) is 31.5 Å². The molecule has 0 radical (unpaired) electrons. The molecule has 1 saturated heterocycles. The summed E-state index contributed by atoms with van der Waals surface area (Å²) in [5.41, 5.74) is -1.23. The van der Waals surface area contributed by atoms with Crippen LogP contribution in [-0.2, 0) is 0 Å². The molecule has 0 unspecified atom stereocenters. The fourth-order valence-corrected chi connectivity index (χ4v) is 3.25. The van der Waals surface area contributed by atoms with Crippen LogP contribution in [0.15, 0.2) is 18.2 Å². The number of alkyl halides is 6. The van der Waals surface area contributed by atoms with Gasteiger partial charge in [-0.2, -0.15) is 26.3 Å². The number of amides is 1. The molecule has 30 heavy (non-hydrogen) atoms. The van der Waals surface area contributed by atoms with Crippen molar-refractivity contribution in [1.82, 2.24) is 9.80 Å². The molecule has 1 aromatic rings. The van der Waals surface area contributed by atoms with E-state index in [0.29, 0.717) is 12.6 Å². The zero-order valence-electron chi connectivity index (χ0n) is 15.9. The maximum absolute atomic E-state index is 12.6. The van der Waals surface area contributed by atoms with Crippen molar-refractivity contribution in [1.29, 1.82) is 0 Å². The van der Waals surface area contributed by atoms with Gasteiger partial charge in [-0.15, -0.1) is 0 Å². The number of rotatable bonds is 7. The number of nitro benzene ring substituents is 1. The van der Waals surface area contributed by atoms with E-state index in [-0.39, 0.29) is 11.7 Å². The minimum atomic E-state index is -5.07. The lowest BCUT2D eigenvalue weighted by Crippen LogP contribution is -2.44. The molecule has 0 aromatic heterocycles. The number of nitro groups is 1. The van der Waals surface area contributed by atoms with Crippen molar-refractivity contribution in [3.8, 4) is 0 Å². The lowest BCUT2D eigenvalue weighted by atomic mass is 10.1. The number of benzene rings is 1. The van der Waals surface area contributed by atoms with E-state index < -0.39 is 52.4 Å². The monoisotopic (exact) mass is 442 g/mol. The van der Waals surface area contributed by atoms with Gasteiger partial charge in [0, 0.05) is 24.2 Å². The summed E-state index contributed by atoms with van der Waals surface area (Å²) in [6.07, 6.45) is -8.30. The predicted octanol–water partition coefficient (Wildman–Crippen LogP) is 3.67. The first-order chi connectivity index (χ1) is 13.8. The lowest BCUT2D eigenvalue weighted by molar-refractivity contribution is -0.384. The normalized spacial score (nSPS) is 17.8. The molecule has 1 aromatic carbocycles. The Kier molecular flexibility index (Phi) is 7.16. The summed E-state index contributed by atoms with van der Waals surface area (Å²) < 4.78 is 75.8. The van der Waals surface area contributed by atoms with Gasteiger partial charge in [-0.25, -0.2) is 0 Å². The van der Waals surface area contributed by atoms with Gasteiger partial charge >= 0.3 is 12.4 Å². The Balaban J connectivity index is 2.25. The lowest BCUT2D eigenvalue weighted by Gasteiger charge is -2.25. The summed E-state index contributed by atoms with van der Waals surface area (Å²) >= 11 is 0. The average molecular weight is 442 g/mol. The largest absolute Gasteiger partial charge is 0.406 e. The number of likely N-dealkylation sites (tertiary alicyclic amines) is 1. The molecule has 0 saturated carbocycles. The number of hydrogen-bond donors (Lipinski definition) is 1. The smallest absolute Gasteiger partial charge is 0.378 e. The number of carbonyl (C=O) groups excluding carboxylic acids is 1. The van der Waals surface area contributed by atoms with Crippen LogP contribution >= 0.6 is 0 Å². The summed E-state index contributed by atoms with van der Waals surface area (Å²) in [5, 5.41) is 14.2. The van der Waals surface area contributed by atoms with Crippen molar-refractivity contribution in [2.45, 2.75) is 31.2 Å². The third-order valence-corrected chi connectivity index (χ3v) is 4.67. The SMILES string of the molecule is CN1CCC[C@@H]1CNc1ccc(C(=O)N(CC(F)(F)F)CC(F)(F)F)cc1[N+](=O)[O-]. The fraction of sp³-hybridized carbons (Fsp3) is 0.588. The van der Waals surface area contributed by atoms with Crippen molar-refractivity contribution in [3.05, 3.63) is 33.9 Å². The van der Waals surface area contributed by atoms with Crippen LogP contribution < -0.4 is 5.32 Å². The predicted molar refractivity (Wildman–Crippen MR) is 95.3 cm³/mol. The molecule has 1 atom stereocenters. The maximum atomic E-state index is 12.6. The van der Waals surface area contributed by atoms with Crippen molar-refractivity contribution in [2.24, 2.45) is 0 Å². The van der Waals surface area contributed by atoms with Gasteiger partial charge in [-0.05, 0) is 38.6 Å². The highest BCUT2D eigenvalue weighted by Gasteiger charge is 2.40. The van der Waals surface area contributed by atoms with Crippen LogP contribution in [0.5, 0.6) is 0 Å². The molecule has 1 fully saturated rings. The van der Waals surface area contributed by atoms with Gasteiger partial charge in [0.05, 0.1) is 4.92 Å². The average Bonchev–Trinajstić information content (AvgIpc) is 3.01. The number of anilines is 1. The highest BCUT2D eigenvalue weighted by atomic mass is 19.4. The van der Waals surface area contributed by atoms with E-state index >= 15 is 0 Å². The molecule has 7 nitrogen and oxygen atoms in total. The summed E-state index contributed by atoms with van der Waals surface area (Å²) in [7, 11) is 1.89. The number of hydrogen-bond acceptors (Lipinski definition) is 5. The van der Waals surface area contributed by atoms with E-state index in [1.807, 2.05) is 7.05 Å². The zero-order valence-corrected chi connectivity index (χ0v) is 15.9. The summed E-state index contributed by atoms with van der Waals surface area (Å²) in [6.45, 7) is -3.03. The van der Waals surface area contributed by atoms with Gasteiger partial charge in [0.15, 0.2) is 0 Å². The van der Waals surface area contributed by atoms with Crippen LogP contribution in [0.25, 0.3) is 0 Å². The Morgan fingerprint density at radius 3 is 2.30 bits per heavy atom. The number of likely N-dealkylation sites (N-methyl/N-ethyl adjacent to an activating group) is 1. The topological polar surface area (TPSA) is 78.7 Å². The second-order valence-electron chi connectivity index (χ2n) is 7.04. The summed E-state index contributed by atoms with van der Waals surface area (Å²) in [6, 6.07) is 2.89. The number of halogens is 6. The van der Waals surface area contributed by atoms with Crippen LogP contribution in [0, 0.1) is 10.1 Å². The van der Waals surface area contributed by atoms with Crippen molar-refractivity contribution < 1.29 is 36.1 Å². The van der Waals surface area contributed by atoms with Crippen LogP contribution in [0.1, 0.15) is 23.2 Å². The number of carbonyl (C=O) groups is 1. The van der Waals surface area contributed by atoms with Crippen LogP contribution in [-0.4, -0.2) is 72.3 Å². The second-order valence-corrected chi connectivity index (χ2v) is 7.04. The molecule has 1 heterocycles. The second kappa shape index (κ2) is 9.06. The van der Waals surface area contributed by atoms with Gasteiger partial charge in [-0.1, -0.05) is 0 Å². The van der Waals surface area contributed by atoms with Crippen LogP contribution in [0.4, 0.5) is 37.7 Å². The fourth-order valence-electron chi connectivity index (χ4n) is 3.25. The summed E-state index contributed by atoms with van der Waals surface area (Å²) in [4.78, 5) is 24.4. The first-order valence-corrected chi connectivity index (χ1v) is 8.92. The number of nitrogens with one attached hydrogen (secondary N) is 1. The Labute approximate surface area is 167 Å². The van der Waals surface area contributed by atoms with Crippen LogP contribution in [0.3, 0.4) is 0 Å². The molecule has 1 amide bonds. The zero-order chi connectivity index (χ0) is 22.7. The molecule has 0 spiro atoms. The standard InChI is InChI=1S/C17H20F6N4O3/c1-25-6-2-3-12(25)8-24-13-5-4-11(7-14(13)27(29)30)15(28)26(9-16(18,19)20)10-17(21,22)23/h4-5,7,12,24H,2-3,6,8-10H2,1H3/t12-/m1/s1. The molecule has 168 valence electrons. The Morgan fingerprint density at radius 1 is 1.23 bits per heavy atom. The number of nitrogens with zero attached hydrogens (tertiary/aromatic N) is 3. The molecule has 1 aliphatic rings. The molecular weight excluding hydrogens is 422 g/mol. The summed E-state index contributed by atoms with van der Waals surface area (Å²) in [5.74, 6) is -1.60. The molecule has 2 rings (SSSR count). The van der Waals surface area contributed by atoms with Crippen molar-refractivity contribution >= 4 is 17.3 Å². The molecule has 0 aliphatic carbocycles. The van der Waals surface area contributed by atoms with E-state index in [2.05, 4.69) is 10.2 Å². The highest BCUT2D eigenvalue weighted by molar-refractivity contribution is 5.95. The van der Waals surface area contributed by atoms with Crippen LogP contribution in [0.2, 0.25) is 0 Å².